The summed E-state index contributed by atoms with van der Waals surface area (Å²) in [4.78, 5) is 11.7. The SMILES string of the molecule is COCCCNCCC(=O)Nc1cc(C(F)(F)F)ccc1Cl. The fraction of sp³-hybridized carbons (Fsp3) is 0.500. The van der Waals surface area contributed by atoms with E-state index in [-0.39, 0.29) is 17.1 Å². The number of halogens is 4. The summed E-state index contributed by atoms with van der Waals surface area (Å²) in [7, 11) is 1.60. The highest BCUT2D eigenvalue weighted by Crippen LogP contribution is 2.33. The number of rotatable bonds is 8. The van der Waals surface area contributed by atoms with Gasteiger partial charge < -0.3 is 15.4 Å². The average Bonchev–Trinajstić information content (AvgIpc) is 2.44. The Labute approximate surface area is 132 Å². The second-order valence-electron chi connectivity index (χ2n) is 4.59. The van der Waals surface area contributed by atoms with Gasteiger partial charge in [-0.2, -0.15) is 13.2 Å². The molecule has 0 aliphatic rings. The Morgan fingerprint density at radius 2 is 2.05 bits per heavy atom. The topological polar surface area (TPSA) is 50.4 Å². The van der Waals surface area contributed by atoms with E-state index < -0.39 is 17.6 Å². The number of nitrogens with one attached hydrogen (secondary N) is 2. The van der Waals surface area contributed by atoms with E-state index in [4.69, 9.17) is 16.3 Å². The average molecular weight is 339 g/mol. The lowest BCUT2D eigenvalue weighted by Gasteiger charge is -2.12. The highest BCUT2D eigenvalue weighted by molar-refractivity contribution is 6.33. The Morgan fingerprint density at radius 3 is 2.68 bits per heavy atom. The number of ether oxygens (including phenoxy) is 1. The molecule has 0 aromatic heterocycles. The molecular weight excluding hydrogens is 321 g/mol. The maximum Gasteiger partial charge on any atom is 0.416 e. The molecule has 8 heteroatoms. The van der Waals surface area contributed by atoms with E-state index in [9.17, 15) is 18.0 Å². The minimum atomic E-state index is -4.48. The van der Waals surface area contributed by atoms with Gasteiger partial charge in [0.25, 0.3) is 0 Å². The molecule has 1 aromatic carbocycles. The Kier molecular flexibility index (Phi) is 7.64. The van der Waals surface area contributed by atoms with E-state index >= 15 is 0 Å². The van der Waals surface area contributed by atoms with E-state index in [0.717, 1.165) is 24.6 Å². The summed E-state index contributed by atoms with van der Waals surface area (Å²) < 4.78 is 42.7. The molecule has 0 saturated carbocycles. The molecule has 22 heavy (non-hydrogen) atoms. The number of hydrogen-bond acceptors (Lipinski definition) is 3. The van der Waals surface area contributed by atoms with E-state index in [0.29, 0.717) is 19.7 Å². The molecular formula is C14H18ClF3N2O2. The maximum absolute atomic E-state index is 12.6. The van der Waals surface area contributed by atoms with Crippen LogP contribution in [0.25, 0.3) is 0 Å². The second kappa shape index (κ2) is 8.97. The van der Waals surface area contributed by atoms with Crippen molar-refractivity contribution < 1.29 is 22.7 Å². The highest BCUT2D eigenvalue weighted by Gasteiger charge is 2.31. The first-order chi connectivity index (χ1) is 10.3. The van der Waals surface area contributed by atoms with E-state index in [1.165, 1.54) is 0 Å². The molecule has 0 saturated heterocycles. The van der Waals surface area contributed by atoms with Crippen LogP contribution >= 0.6 is 11.6 Å². The summed E-state index contributed by atoms with van der Waals surface area (Å²) in [5, 5.41) is 5.49. The van der Waals surface area contributed by atoms with Gasteiger partial charge in [0.05, 0.1) is 16.3 Å². The van der Waals surface area contributed by atoms with Crippen molar-refractivity contribution >= 4 is 23.2 Å². The molecule has 0 radical (unpaired) electrons. The van der Waals surface area contributed by atoms with Crippen LogP contribution < -0.4 is 10.6 Å². The van der Waals surface area contributed by atoms with Gasteiger partial charge in [-0.1, -0.05) is 11.6 Å². The van der Waals surface area contributed by atoms with Gasteiger partial charge in [-0.15, -0.1) is 0 Å². The minimum absolute atomic E-state index is 0.0409. The minimum Gasteiger partial charge on any atom is -0.385 e. The molecule has 0 aliphatic heterocycles. The molecule has 0 bridgehead atoms. The normalized spacial score (nSPS) is 11.5. The molecule has 0 atom stereocenters. The first kappa shape index (κ1) is 18.7. The first-order valence-corrected chi connectivity index (χ1v) is 7.08. The lowest BCUT2D eigenvalue weighted by atomic mass is 10.2. The summed E-state index contributed by atoms with van der Waals surface area (Å²) in [6, 6.07) is 2.81. The predicted molar refractivity (Wildman–Crippen MR) is 79.1 cm³/mol. The van der Waals surface area contributed by atoms with Gasteiger partial charge in [-0.25, -0.2) is 0 Å². The fourth-order valence-corrected chi connectivity index (χ4v) is 1.84. The summed E-state index contributed by atoms with van der Waals surface area (Å²) >= 11 is 5.80. The Morgan fingerprint density at radius 1 is 1.32 bits per heavy atom. The smallest absolute Gasteiger partial charge is 0.385 e. The van der Waals surface area contributed by atoms with Crippen molar-refractivity contribution in [1.82, 2.24) is 5.32 Å². The van der Waals surface area contributed by atoms with E-state index in [2.05, 4.69) is 10.6 Å². The number of carbonyl (C=O) groups is 1. The molecule has 0 unspecified atom stereocenters. The van der Waals surface area contributed by atoms with Gasteiger partial charge in [0, 0.05) is 26.7 Å². The van der Waals surface area contributed by atoms with Crippen molar-refractivity contribution in [3.8, 4) is 0 Å². The zero-order valence-electron chi connectivity index (χ0n) is 12.1. The fourth-order valence-electron chi connectivity index (χ4n) is 1.68. The third-order valence-electron chi connectivity index (χ3n) is 2.80. The zero-order chi connectivity index (χ0) is 16.6. The summed E-state index contributed by atoms with van der Waals surface area (Å²) in [5.41, 5.74) is -0.897. The number of anilines is 1. The van der Waals surface area contributed by atoms with Crippen molar-refractivity contribution in [3.05, 3.63) is 28.8 Å². The van der Waals surface area contributed by atoms with Gasteiger partial charge in [-0.05, 0) is 31.2 Å². The van der Waals surface area contributed by atoms with Gasteiger partial charge >= 0.3 is 6.18 Å². The Hall–Kier alpha value is -1.31. The standard InChI is InChI=1S/C14H18ClF3N2O2/c1-22-8-2-6-19-7-5-13(21)20-12-9-10(14(16,17)18)3-4-11(12)15/h3-4,9,19H,2,5-8H2,1H3,(H,20,21). The van der Waals surface area contributed by atoms with E-state index in [1.807, 2.05) is 0 Å². The van der Waals surface area contributed by atoms with Crippen molar-refractivity contribution in [2.45, 2.75) is 19.0 Å². The molecule has 1 aromatic rings. The van der Waals surface area contributed by atoms with Gasteiger partial charge in [0.2, 0.25) is 5.91 Å². The van der Waals surface area contributed by atoms with Crippen LogP contribution in [0.5, 0.6) is 0 Å². The largest absolute Gasteiger partial charge is 0.416 e. The Bertz CT molecular complexity index is 495. The molecule has 2 N–H and O–H groups in total. The number of methoxy groups -OCH3 is 1. The predicted octanol–water partition coefficient (Wildman–Crippen LogP) is 3.31. The number of carbonyl (C=O) groups excluding carboxylic acids is 1. The molecule has 0 heterocycles. The highest BCUT2D eigenvalue weighted by atomic mass is 35.5. The maximum atomic E-state index is 12.6. The molecule has 4 nitrogen and oxygen atoms in total. The van der Waals surface area contributed by atoms with Crippen LogP contribution in [0, 0.1) is 0 Å². The molecule has 0 spiro atoms. The number of benzene rings is 1. The summed E-state index contributed by atoms with van der Waals surface area (Å²) in [6.45, 7) is 1.75. The van der Waals surface area contributed by atoms with Crippen LogP contribution in [0.2, 0.25) is 5.02 Å². The lowest BCUT2D eigenvalue weighted by molar-refractivity contribution is -0.137. The number of alkyl halides is 3. The quantitative estimate of drug-likeness (QED) is 0.715. The van der Waals surface area contributed by atoms with Gasteiger partial charge in [0.1, 0.15) is 0 Å². The first-order valence-electron chi connectivity index (χ1n) is 6.71. The molecule has 0 aliphatic carbocycles. The third kappa shape index (κ3) is 6.64. The van der Waals surface area contributed by atoms with Crippen LogP contribution in [0.1, 0.15) is 18.4 Å². The molecule has 1 amide bonds. The number of amides is 1. The van der Waals surface area contributed by atoms with Crippen LogP contribution in [-0.2, 0) is 15.7 Å². The van der Waals surface area contributed by atoms with Crippen LogP contribution in [0.3, 0.4) is 0 Å². The second-order valence-corrected chi connectivity index (χ2v) is 4.99. The number of hydrogen-bond donors (Lipinski definition) is 2. The van der Waals surface area contributed by atoms with Gasteiger partial charge in [0.15, 0.2) is 0 Å². The van der Waals surface area contributed by atoms with Crippen molar-refractivity contribution in [2.24, 2.45) is 0 Å². The monoisotopic (exact) mass is 338 g/mol. The van der Waals surface area contributed by atoms with Crippen molar-refractivity contribution in [3.63, 3.8) is 0 Å². The van der Waals surface area contributed by atoms with Gasteiger partial charge in [-0.3, -0.25) is 4.79 Å². The summed E-state index contributed by atoms with van der Waals surface area (Å²) in [5.74, 6) is -0.402. The molecule has 1 rings (SSSR count). The lowest BCUT2D eigenvalue weighted by Crippen LogP contribution is -2.23. The van der Waals surface area contributed by atoms with Crippen molar-refractivity contribution in [1.29, 1.82) is 0 Å². The van der Waals surface area contributed by atoms with Crippen LogP contribution in [-0.4, -0.2) is 32.7 Å². The molecule has 124 valence electrons. The van der Waals surface area contributed by atoms with Crippen LogP contribution in [0.15, 0.2) is 18.2 Å². The van der Waals surface area contributed by atoms with E-state index in [1.54, 1.807) is 7.11 Å². The summed E-state index contributed by atoms with van der Waals surface area (Å²) in [6.07, 6.45) is -3.52. The zero-order valence-corrected chi connectivity index (χ0v) is 12.9. The third-order valence-corrected chi connectivity index (χ3v) is 3.13. The molecule has 0 fully saturated rings. The van der Waals surface area contributed by atoms with Crippen molar-refractivity contribution in [2.75, 3.05) is 32.1 Å². The van der Waals surface area contributed by atoms with Crippen LogP contribution in [0.4, 0.5) is 18.9 Å². The Balaban J connectivity index is 2.47.